The molecule has 106 valence electrons. The Morgan fingerprint density at radius 3 is 2.32 bits per heavy atom. The van der Waals surface area contributed by atoms with E-state index in [-0.39, 0.29) is 0 Å². The van der Waals surface area contributed by atoms with Gasteiger partial charge in [0.15, 0.2) is 0 Å². The van der Waals surface area contributed by atoms with Gasteiger partial charge in [-0.05, 0) is 17.7 Å². The van der Waals surface area contributed by atoms with Crippen molar-refractivity contribution < 1.29 is 4.74 Å². The van der Waals surface area contributed by atoms with Crippen LogP contribution >= 0.6 is 11.8 Å². The van der Waals surface area contributed by atoms with Gasteiger partial charge in [-0.25, -0.2) is 0 Å². The van der Waals surface area contributed by atoms with Crippen LogP contribution in [0.4, 0.5) is 0 Å². The van der Waals surface area contributed by atoms with Gasteiger partial charge in [0.1, 0.15) is 5.75 Å². The lowest BCUT2D eigenvalue weighted by Gasteiger charge is -2.39. The molecule has 1 saturated heterocycles. The van der Waals surface area contributed by atoms with Gasteiger partial charge in [0.25, 0.3) is 0 Å². The number of hydrogen-bond donors (Lipinski definition) is 1. The van der Waals surface area contributed by atoms with Gasteiger partial charge in [0.05, 0.1) is 7.11 Å². The zero-order chi connectivity index (χ0) is 13.8. The van der Waals surface area contributed by atoms with Gasteiger partial charge in [0, 0.05) is 36.2 Å². The van der Waals surface area contributed by atoms with Crippen LogP contribution in [0.1, 0.15) is 25.5 Å². The van der Waals surface area contributed by atoms with E-state index < -0.39 is 0 Å². The van der Waals surface area contributed by atoms with Crippen molar-refractivity contribution in [2.45, 2.75) is 30.4 Å². The van der Waals surface area contributed by atoms with Gasteiger partial charge >= 0.3 is 0 Å². The molecule has 1 aromatic rings. The van der Waals surface area contributed by atoms with E-state index in [1.165, 1.54) is 5.56 Å². The molecule has 19 heavy (non-hydrogen) atoms. The van der Waals surface area contributed by atoms with Crippen molar-refractivity contribution in [1.29, 1.82) is 0 Å². The Kier molecular flexibility index (Phi) is 5.13. The van der Waals surface area contributed by atoms with E-state index in [0.29, 0.717) is 23.1 Å². The van der Waals surface area contributed by atoms with E-state index in [1.807, 2.05) is 12.1 Å². The summed E-state index contributed by atoms with van der Waals surface area (Å²) in [4.78, 5) is 2.52. The molecule has 3 atom stereocenters. The van der Waals surface area contributed by atoms with Crippen LogP contribution in [-0.2, 0) is 0 Å². The zero-order valence-corrected chi connectivity index (χ0v) is 12.8. The Bertz CT molecular complexity index is 386. The van der Waals surface area contributed by atoms with Gasteiger partial charge in [0.2, 0.25) is 0 Å². The van der Waals surface area contributed by atoms with E-state index >= 15 is 0 Å². The number of ether oxygens (including phenoxy) is 1. The van der Waals surface area contributed by atoms with Crippen LogP contribution in [0.2, 0.25) is 0 Å². The summed E-state index contributed by atoms with van der Waals surface area (Å²) in [6.45, 7) is 7.49. The van der Waals surface area contributed by atoms with Crippen molar-refractivity contribution in [2.75, 3.05) is 26.7 Å². The standard InChI is InChI=1S/C15H24N2OS/c1-11-9-17(10-12(2)19-11)15(8-16)13-4-6-14(18-3)7-5-13/h4-7,11-12,15H,8-10,16H2,1-3H3. The maximum absolute atomic E-state index is 6.02. The highest BCUT2D eigenvalue weighted by molar-refractivity contribution is 8.00. The maximum atomic E-state index is 6.02. The Morgan fingerprint density at radius 2 is 1.84 bits per heavy atom. The minimum Gasteiger partial charge on any atom is -0.497 e. The molecule has 3 nitrogen and oxygen atoms in total. The predicted octanol–water partition coefficient (Wildman–Crippen LogP) is 2.52. The summed E-state index contributed by atoms with van der Waals surface area (Å²) < 4.78 is 5.21. The minimum absolute atomic E-state index is 0.316. The maximum Gasteiger partial charge on any atom is 0.118 e. The molecular weight excluding hydrogens is 256 g/mol. The Labute approximate surface area is 120 Å². The fraction of sp³-hybridized carbons (Fsp3) is 0.600. The van der Waals surface area contributed by atoms with Crippen molar-refractivity contribution in [2.24, 2.45) is 5.73 Å². The molecule has 0 aliphatic carbocycles. The van der Waals surface area contributed by atoms with E-state index in [2.05, 4.69) is 42.6 Å². The van der Waals surface area contributed by atoms with Gasteiger partial charge < -0.3 is 10.5 Å². The van der Waals surface area contributed by atoms with Gasteiger partial charge in [-0.15, -0.1) is 0 Å². The van der Waals surface area contributed by atoms with E-state index in [0.717, 1.165) is 18.8 Å². The van der Waals surface area contributed by atoms with Crippen LogP contribution in [0.5, 0.6) is 5.75 Å². The fourth-order valence-electron chi connectivity index (χ4n) is 2.79. The molecule has 0 aromatic heterocycles. The summed E-state index contributed by atoms with van der Waals surface area (Å²) >= 11 is 2.07. The third kappa shape index (κ3) is 3.65. The minimum atomic E-state index is 0.316. The summed E-state index contributed by atoms with van der Waals surface area (Å²) in [6, 6.07) is 8.62. The fourth-order valence-corrected chi connectivity index (χ4v) is 4.14. The van der Waals surface area contributed by atoms with Crippen LogP contribution in [0.25, 0.3) is 0 Å². The highest BCUT2D eigenvalue weighted by Crippen LogP contribution is 2.31. The second-order valence-electron chi connectivity index (χ2n) is 5.24. The summed E-state index contributed by atoms with van der Waals surface area (Å²) in [5, 5.41) is 1.35. The molecule has 1 aromatic carbocycles. The first-order chi connectivity index (χ1) is 9.13. The summed E-state index contributed by atoms with van der Waals surface area (Å²) in [5.41, 5.74) is 7.30. The quantitative estimate of drug-likeness (QED) is 0.920. The molecule has 4 heteroatoms. The molecule has 3 unspecified atom stereocenters. The number of methoxy groups -OCH3 is 1. The molecular formula is C15H24N2OS. The average Bonchev–Trinajstić information content (AvgIpc) is 2.39. The smallest absolute Gasteiger partial charge is 0.118 e. The van der Waals surface area contributed by atoms with E-state index in [4.69, 9.17) is 10.5 Å². The molecule has 2 rings (SSSR count). The predicted molar refractivity (Wildman–Crippen MR) is 82.9 cm³/mol. The molecule has 0 amide bonds. The Hall–Kier alpha value is -0.710. The second-order valence-corrected chi connectivity index (χ2v) is 7.12. The van der Waals surface area contributed by atoms with Gasteiger partial charge in [-0.3, -0.25) is 4.90 Å². The molecule has 0 bridgehead atoms. The van der Waals surface area contributed by atoms with Crippen molar-refractivity contribution in [3.63, 3.8) is 0 Å². The van der Waals surface area contributed by atoms with Crippen LogP contribution in [0, 0.1) is 0 Å². The lowest BCUT2D eigenvalue weighted by molar-refractivity contribution is 0.199. The molecule has 1 heterocycles. The van der Waals surface area contributed by atoms with Crippen LogP contribution in [0.3, 0.4) is 0 Å². The Morgan fingerprint density at radius 1 is 1.26 bits per heavy atom. The lowest BCUT2D eigenvalue weighted by atomic mass is 10.0. The van der Waals surface area contributed by atoms with E-state index in [1.54, 1.807) is 7.11 Å². The SMILES string of the molecule is COc1ccc(C(CN)N2CC(C)SC(C)C2)cc1. The topological polar surface area (TPSA) is 38.5 Å². The number of thioether (sulfide) groups is 1. The number of hydrogen-bond acceptors (Lipinski definition) is 4. The summed E-state index contributed by atoms with van der Waals surface area (Å²) in [6.07, 6.45) is 0. The number of rotatable bonds is 4. The molecule has 1 aliphatic heterocycles. The average molecular weight is 280 g/mol. The normalized spacial score (nSPS) is 26.1. The number of nitrogens with zero attached hydrogens (tertiary/aromatic N) is 1. The summed E-state index contributed by atoms with van der Waals surface area (Å²) in [5.74, 6) is 0.899. The first kappa shape index (κ1) is 14.7. The molecule has 2 N–H and O–H groups in total. The Balaban J connectivity index is 2.13. The first-order valence-electron chi connectivity index (χ1n) is 6.87. The van der Waals surface area contributed by atoms with Crippen LogP contribution in [-0.4, -0.2) is 42.1 Å². The largest absolute Gasteiger partial charge is 0.497 e. The van der Waals surface area contributed by atoms with Crippen molar-refractivity contribution in [1.82, 2.24) is 4.90 Å². The summed E-state index contributed by atoms with van der Waals surface area (Å²) in [7, 11) is 1.70. The first-order valence-corrected chi connectivity index (χ1v) is 7.81. The monoisotopic (exact) mass is 280 g/mol. The van der Waals surface area contributed by atoms with Crippen molar-refractivity contribution >= 4 is 11.8 Å². The molecule has 0 radical (unpaired) electrons. The molecule has 1 aliphatic rings. The lowest BCUT2D eigenvalue weighted by Crippen LogP contribution is -2.44. The van der Waals surface area contributed by atoms with Crippen LogP contribution in [0.15, 0.2) is 24.3 Å². The van der Waals surface area contributed by atoms with Gasteiger partial charge in [-0.1, -0.05) is 26.0 Å². The number of nitrogens with two attached hydrogens (primary N) is 1. The van der Waals surface area contributed by atoms with Crippen molar-refractivity contribution in [3.05, 3.63) is 29.8 Å². The second kappa shape index (κ2) is 6.64. The van der Waals surface area contributed by atoms with Gasteiger partial charge in [-0.2, -0.15) is 11.8 Å². The van der Waals surface area contributed by atoms with Crippen LogP contribution < -0.4 is 10.5 Å². The highest BCUT2D eigenvalue weighted by atomic mass is 32.2. The van der Waals surface area contributed by atoms with Crippen molar-refractivity contribution in [3.8, 4) is 5.75 Å². The zero-order valence-electron chi connectivity index (χ0n) is 12.0. The molecule has 0 spiro atoms. The third-order valence-corrected chi connectivity index (χ3v) is 4.84. The van der Waals surface area contributed by atoms with E-state index in [9.17, 15) is 0 Å². The molecule has 1 fully saturated rings. The highest BCUT2D eigenvalue weighted by Gasteiger charge is 2.27. The third-order valence-electron chi connectivity index (χ3n) is 3.61. The molecule has 0 saturated carbocycles. The number of benzene rings is 1.